The highest BCUT2D eigenvalue weighted by Gasteiger charge is 2.26. The van der Waals surface area contributed by atoms with Crippen LogP contribution in [0.5, 0.6) is 0 Å². The van der Waals surface area contributed by atoms with E-state index in [4.69, 9.17) is 11.6 Å². The highest BCUT2D eigenvalue weighted by Crippen LogP contribution is 2.34. The summed E-state index contributed by atoms with van der Waals surface area (Å²) >= 11 is 6.32. The number of nitrogens with zero attached hydrogens (tertiary/aromatic N) is 3. The number of benzene rings is 1. The molecule has 0 fully saturated rings. The lowest BCUT2D eigenvalue weighted by atomic mass is 10.0. The van der Waals surface area contributed by atoms with Gasteiger partial charge < -0.3 is 14.8 Å². The molecule has 6 heteroatoms. The van der Waals surface area contributed by atoms with Crippen molar-refractivity contribution >= 4 is 22.5 Å². The third-order valence-electron chi connectivity index (χ3n) is 5.78. The molecule has 1 aromatic carbocycles. The Labute approximate surface area is 176 Å². The van der Waals surface area contributed by atoms with Crippen molar-refractivity contribution in [1.29, 1.82) is 0 Å². The van der Waals surface area contributed by atoms with Gasteiger partial charge in [-0.05, 0) is 61.7 Å². The SMILES string of the molecule is CC(C)(O)CCN1CCc2c(c3cc(Cl)ccc3n2CC(O)c2ccncc2)C1. The van der Waals surface area contributed by atoms with Crippen LogP contribution in [0.25, 0.3) is 10.9 Å². The summed E-state index contributed by atoms with van der Waals surface area (Å²) in [6, 6.07) is 9.72. The van der Waals surface area contributed by atoms with Crippen LogP contribution in [0.15, 0.2) is 42.7 Å². The fourth-order valence-electron chi connectivity index (χ4n) is 4.17. The molecule has 0 saturated heterocycles. The summed E-state index contributed by atoms with van der Waals surface area (Å²) in [5.74, 6) is 0. The van der Waals surface area contributed by atoms with Crippen molar-refractivity contribution in [2.24, 2.45) is 0 Å². The second-order valence-corrected chi connectivity index (χ2v) is 9.02. The number of hydrogen-bond donors (Lipinski definition) is 2. The van der Waals surface area contributed by atoms with E-state index in [-0.39, 0.29) is 0 Å². The standard InChI is InChI=1S/C23H28ClN3O2/c1-23(2,29)8-12-26-11-7-21-19(14-26)18-13-17(24)3-4-20(18)27(21)15-22(28)16-5-9-25-10-6-16/h3-6,9-10,13,22,28-29H,7-8,11-12,14-15H2,1-2H3. The molecule has 1 atom stereocenters. The van der Waals surface area contributed by atoms with Crippen molar-refractivity contribution in [2.75, 3.05) is 13.1 Å². The van der Waals surface area contributed by atoms with Crippen molar-refractivity contribution < 1.29 is 10.2 Å². The van der Waals surface area contributed by atoms with E-state index in [9.17, 15) is 10.2 Å². The minimum Gasteiger partial charge on any atom is -0.390 e. The van der Waals surface area contributed by atoms with Crippen LogP contribution < -0.4 is 0 Å². The number of hydrogen-bond acceptors (Lipinski definition) is 4. The molecule has 4 rings (SSSR count). The molecule has 0 radical (unpaired) electrons. The lowest BCUT2D eigenvalue weighted by Gasteiger charge is -2.30. The summed E-state index contributed by atoms with van der Waals surface area (Å²) in [7, 11) is 0. The van der Waals surface area contributed by atoms with Gasteiger partial charge in [0.15, 0.2) is 0 Å². The quantitative estimate of drug-likeness (QED) is 0.642. The summed E-state index contributed by atoms with van der Waals surface area (Å²) in [6.45, 7) is 6.85. The normalized spacial score (nSPS) is 16.2. The number of aliphatic hydroxyl groups excluding tert-OH is 1. The van der Waals surface area contributed by atoms with Crippen LogP contribution >= 0.6 is 11.6 Å². The maximum atomic E-state index is 10.8. The molecule has 2 N–H and O–H groups in total. The third kappa shape index (κ3) is 4.48. The van der Waals surface area contributed by atoms with Gasteiger partial charge in [0.2, 0.25) is 0 Å². The van der Waals surface area contributed by atoms with Gasteiger partial charge in [0.25, 0.3) is 0 Å². The Hall–Kier alpha value is -1.92. The molecular weight excluding hydrogens is 386 g/mol. The summed E-state index contributed by atoms with van der Waals surface area (Å²) in [5.41, 5.74) is 3.87. The van der Waals surface area contributed by atoms with Crippen LogP contribution in [-0.4, -0.2) is 43.4 Å². The first-order chi connectivity index (χ1) is 13.8. The van der Waals surface area contributed by atoms with E-state index in [1.165, 1.54) is 11.3 Å². The van der Waals surface area contributed by atoms with Gasteiger partial charge in [-0.15, -0.1) is 0 Å². The fraction of sp³-hybridized carbons (Fsp3) is 0.435. The van der Waals surface area contributed by atoms with Crippen molar-refractivity contribution in [3.63, 3.8) is 0 Å². The molecule has 1 unspecified atom stereocenters. The zero-order chi connectivity index (χ0) is 20.6. The molecule has 0 saturated carbocycles. The molecule has 0 aliphatic carbocycles. The molecule has 0 amide bonds. The van der Waals surface area contributed by atoms with Gasteiger partial charge in [0, 0.05) is 60.1 Å². The molecule has 3 aromatic rings. The summed E-state index contributed by atoms with van der Waals surface area (Å²) in [4.78, 5) is 6.43. The highest BCUT2D eigenvalue weighted by atomic mass is 35.5. The minimum atomic E-state index is -0.660. The Morgan fingerprint density at radius 2 is 1.97 bits per heavy atom. The number of aromatic nitrogens is 2. The number of rotatable bonds is 6. The van der Waals surface area contributed by atoms with Crippen LogP contribution in [0.3, 0.4) is 0 Å². The van der Waals surface area contributed by atoms with Crippen molar-refractivity contribution in [3.8, 4) is 0 Å². The number of aliphatic hydroxyl groups is 2. The lowest BCUT2D eigenvalue weighted by Crippen LogP contribution is -2.35. The molecule has 5 nitrogen and oxygen atoms in total. The highest BCUT2D eigenvalue weighted by molar-refractivity contribution is 6.31. The Kier molecular flexibility index (Phi) is 5.67. The smallest absolute Gasteiger partial charge is 0.0970 e. The summed E-state index contributed by atoms with van der Waals surface area (Å²) in [5, 5.41) is 22.8. The first-order valence-corrected chi connectivity index (χ1v) is 10.5. The Bertz CT molecular complexity index is 995. The van der Waals surface area contributed by atoms with Gasteiger partial charge in [-0.2, -0.15) is 0 Å². The number of fused-ring (bicyclic) bond motifs is 3. The van der Waals surface area contributed by atoms with Crippen molar-refractivity contribution in [2.45, 2.75) is 51.5 Å². The predicted octanol–water partition coefficient (Wildman–Crippen LogP) is 3.94. The fourth-order valence-corrected chi connectivity index (χ4v) is 4.35. The molecule has 0 bridgehead atoms. The Morgan fingerprint density at radius 1 is 1.21 bits per heavy atom. The van der Waals surface area contributed by atoms with Crippen LogP contribution in [0.2, 0.25) is 5.02 Å². The van der Waals surface area contributed by atoms with Crippen LogP contribution in [-0.2, 0) is 19.5 Å². The average molecular weight is 414 g/mol. The predicted molar refractivity (Wildman–Crippen MR) is 116 cm³/mol. The topological polar surface area (TPSA) is 61.5 Å². The Morgan fingerprint density at radius 3 is 2.69 bits per heavy atom. The van der Waals surface area contributed by atoms with Crippen molar-refractivity contribution in [3.05, 3.63) is 64.6 Å². The second-order valence-electron chi connectivity index (χ2n) is 8.58. The first kappa shape index (κ1) is 20.4. The molecule has 2 aromatic heterocycles. The zero-order valence-corrected chi connectivity index (χ0v) is 17.7. The number of pyridine rings is 1. The zero-order valence-electron chi connectivity index (χ0n) is 17.0. The second kappa shape index (κ2) is 8.07. The maximum Gasteiger partial charge on any atom is 0.0970 e. The molecule has 154 valence electrons. The Balaban J connectivity index is 1.66. The van der Waals surface area contributed by atoms with Gasteiger partial charge >= 0.3 is 0 Å². The molecule has 3 heterocycles. The number of halogens is 1. The largest absolute Gasteiger partial charge is 0.390 e. The molecule has 29 heavy (non-hydrogen) atoms. The average Bonchev–Trinajstić information content (AvgIpc) is 2.99. The van der Waals surface area contributed by atoms with Crippen molar-refractivity contribution in [1.82, 2.24) is 14.5 Å². The first-order valence-electron chi connectivity index (χ1n) is 10.1. The summed E-state index contributed by atoms with van der Waals surface area (Å²) < 4.78 is 2.25. The molecule has 1 aliphatic heterocycles. The van der Waals surface area contributed by atoms with E-state index in [1.54, 1.807) is 12.4 Å². The van der Waals surface area contributed by atoms with Gasteiger partial charge in [0.1, 0.15) is 0 Å². The van der Waals surface area contributed by atoms with E-state index in [0.717, 1.165) is 54.0 Å². The van der Waals surface area contributed by atoms with Gasteiger partial charge in [-0.3, -0.25) is 9.88 Å². The van der Waals surface area contributed by atoms with E-state index >= 15 is 0 Å². The van der Waals surface area contributed by atoms with Gasteiger partial charge in [-0.25, -0.2) is 0 Å². The van der Waals surface area contributed by atoms with E-state index < -0.39 is 11.7 Å². The minimum absolute atomic E-state index is 0.501. The molecule has 1 aliphatic rings. The maximum absolute atomic E-state index is 10.8. The van der Waals surface area contributed by atoms with Gasteiger partial charge in [0.05, 0.1) is 18.2 Å². The monoisotopic (exact) mass is 413 g/mol. The molecule has 0 spiro atoms. The van der Waals surface area contributed by atoms with Crippen LogP contribution in [0.4, 0.5) is 0 Å². The summed E-state index contributed by atoms with van der Waals surface area (Å²) in [6.07, 6.45) is 4.48. The van der Waals surface area contributed by atoms with Gasteiger partial charge in [-0.1, -0.05) is 11.6 Å². The van der Waals surface area contributed by atoms with E-state index in [2.05, 4.69) is 20.5 Å². The lowest BCUT2D eigenvalue weighted by molar-refractivity contribution is 0.0556. The third-order valence-corrected chi connectivity index (χ3v) is 6.02. The molecular formula is C23H28ClN3O2. The van der Waals surface area contributed by atoms with E-state index in [0.29, 0.717) is 6.54 Å². The van der Waals surface area contributed by atoms with Crippen LogP contribution in [0.1, 0.15) is 43.2 Å². The van der Waals surface area contributed by atoms with E-state index in [1.807, 2.05) is 38.1 Å². The van der Waals surface area contributed by atoms with Crippen LogP contribution in [0, 0.1) is 0 Å².